The number of fused-ring (bicyclic) bond motifs is 1. The topological polar surface area (TPSA) is 17.1 Å². The van der Waals surface area contributed by atoms with E-state index in [4.69, 9.17) is 11.6 Å². The van der Waals surface area contributed by atoms with Gasteiger partial charge in [-0.25, -0.2) is 0 Å². The molecule has 14 heavy (non-hydrogen) atoms. The first-order chi connectivity index (χ1) is 6.76. The van der Waals surface area contributed by atoms with Crippen LogP contribution in [-0.4, -0.2) is 6.29 Å². The number of halogens is 1. The lowest BCUT2D eigenvalue weighted by molar-refractivity contribution is 0.112. The van der Waals surface area contributed by atoms with Gasteiger partial charge in [0.05, 0.1) is 0 Å². The highest BCUT2D eigenvalue weighted by Crippen LogP contribution is 2.32. The molecule has 1 heterocycles. The van der Waals surface area contributed by atoms with Crippen LogP contribution >= 0.6 is 22.9 Å². The lowest BCUT2D eigenvalue weighted by atomic mass is 10.1. The van der Waals surface area contributed by atoms with Gasteiger partial charge in [-0.05, 0) is 24.6 Å². The zero-order chi connectivity index (χ0) is 10.1. The summed E-state index contributed by atoms with van der Waals surface area (Å²) in [6, 6.07) is 5.68. The predicted octanol–water partition coefficient (Wildman–Crippen LogP) is 3.93. The molecule has 0 unspecified atom stereocenters. The number of benzene rings is 1. The van der Waals surface area contributed by atoms with Crippen molar-refractivity contribution in [1.82, 2.24) is 0 Å². The highest BCUT2D eigenvalue weighted by Gasteiger charge is 2.09. The average Bonchev–Trinajstić information content (AvgIpc) is 2.54. The van der Waals surface area contributed by atoms with E-state index in [1.807, 2.05) is 18.2 Å². The summed E-state index contributed by atoms with van der Waals surface area (Å²) in [6.45, 7) is 2.05. The standard InChI is InChI=1S/C11H9ClOS/c1-2-10-9(6-13)8-5-7(12)3-4-11(8)14-10/h3-6H,2H2,1H3. The number of thiophene rings is 1. The molecular weight excluding hydrogens is 216 g/mol. The summed E-state index contributed by atoms with van der Waals surface area (Å²) in [6.07, 6.45) is 1.82. The van der Waals surface area contributed by atoms with Gasteiger partial charge in [0.25, 0.3) is 0 Å². The zero-order valence-corrected chi connectivity index (χ0v) is 9.28. The van der Waals surface area contributed by atoms with Crippen LogP contribution in [0, 0.1) is 0 Å². The van der Waals surface area contributed by atoms with Gasteiger partial charge >= 0.3 is 0 Å². The van der Waals surface area contributed by atoms with Gasteiger partial charge in [-0.3, -0.25) is 4.79 Å². The first kappa shape index (κ1) is 9.69. The Kier molecular flexibility index (Phi) is 2.57. The Balaban J connectivity index is 2.81. The van der Waals surface area contributed by atoms with E-state index in [0.29, 0.717) is 5.02 Å². The minimum Gasteiger partial charge on any atom is -0.298 e. The molecule has 0 bridgehead atoms. The van der Waals surface area contributed by atoms with Crippen LogP contribution in [0.1, 0.15) is 22.2 Å². The molecule has 2 aromatic rings. The van der Waals surface area contributed by atoms with Crippen molar-refractivity contribution in [2.75, 3.05) is 0 Å². The summed E-state index contributed by atoms with van der Waals surface area (Å²) in [4.78, 5) is 12.1. The number of aldehydes is 1. The fourth-order valence-corrected chi connectivity index (χ4v) is 2.80. The molecule has 0 aliphatic carbocycles. The number of aryl methyl sites for hydroxylation is 1. The Morgan fingerprint density at radius 2 is 2.29 bits per heavy atom. The van der Waals surface area contributed by atoms with Crippen molar-refractivity contribution >= 4 is 39.3 Å². The summed E-state index contributed by atoms with van der Waals surface area (Å²) >= 11 is 7.56. The molecule has 0 fully saturated rings. The molecule has 0 saturated heterocycles. The van der Waals surface area contributed by atoms with E-state index >= 15 is 0 Å². The second-order valence-electron chi connectivity index (χ2n) is 3.05. The minimum atomic E-state index is 0.682. The first-order valence-corrected chi connectivity index (χ1v) is 5.61. The highest BCUT2D eigenvalue weighted by atomic mass is 35.5. The lowest BCUT2D eigenvalue weighted by Crippen LogP contribution is -1.82. The second kappa shape index (κ2) is 3.71. The van der Waals surface area contributed by atoms with Crippen molar-refractivity contribution < 1.29 is 4.79 Å². The minimum absolute atomic E-state index is 0.682. The fraction of sp³-hybridized carbons (Fsp3) is 0.182. The molecule has 0 aliphatic rings. The maximum Gasteiger partial charge on any atom is 0.151 e. The summed E-state index contributed by atoms with van der Waals surface area (Å²) in [5.74, 6) is 0. The maximum absolute atomic E-state index is 10.9. The van der Waals surface area contributed by atoms with E-state index in [0.717, 1.165) is 33.2 Å². The Morgan fingerprint density at radius 1 is 1.50 bits per heavy atom. The van der Waals surface area contributed by atoms with Gasteiger partial charge in [0.2, 0.25) is 0 Å². The van der Waals surface area contributed by atoms with Gasteiger partial charge < -0.3 is 0 Å². The van der Waals surface area contributed by atoms with Crippen LogP contribution in [0.4, 0.5) is 0 Å². The van der Waals surface area contributed by atoms with E-state index < -0.39 is 0 Å². The second-order valence-corrected chi connectivity index (χ2v) is 4.62. The largest absolute Gasteiger partial charge is 0.298 e. The number of carbonyl (C=O) groups is 1. The molecule has 3 heteroatoms. The van der Waals surface area contributed by atoms with Crippen molar-refractivity contribution in [2.45, 2.75) is 13.3 Å². The Morgan fingerprint density at radius 3 is 2.93 bits per heavy atom. The predicted molar refractivity (Wildman–Crippen MR) is 61.6 cm³/mol. The number of rotatable bonds is 2. The number of carbonyl (C=O) groups excluding carboxylic acids is 1. The Bertz CT molecular complexity index is 487. The third-order valence-electron chi connectivity index (χ3n) is 2.20. The Hall–Kier alpha value is -0.860. The molecule has 0 aliphatic heterocycles. The molecule has 0 N–H and O–H groups in total. The summed E-state index contributed by atoms with van der Waals surface area (Å²) in [5.41, 5.74) is 0.801. The monoisotopic (exact) mass is 224 g/mol. The highest BCUT2D eigenvalue weighted by molar-refractivity contribution is 7.19. The zero-order valence-electron chi connectivity index (χ0n) is 7.71. The molecule has 0 amide bonds. The SMILES string of the molecule is CCc1sc2ccc(Cl)cc2c1C=O. The van der Waals surface area contributed by atoms with E-state index in [-0.39, 0.29) is 0 Å². The van der Waals surface area contributed by atoms with Gasteiger partial charge in [0.1, 0.15) is 0 Å². The van der Waals surface area contributed by atoms with Crippen molar-refractivity contribution in [3.05, 3.63) is 33.7 Å². The number of hydrogen-bond donors (Lipinski definition) is 0. The normalized spacial score (nSPS) is 10.7. The van der Waals surface area contributed by atoms with Gasteiger partial charge in [-0.2, -0.15) is 0 Å². The van der Waals surface area contributed by atoms with Crippen LogP contribution in [0.25, 0.3) is 10.1 Å². The molecule has 1 nitrogen and oxygen atoms in total. The molecular formula is C11H9ClOS. The van der Waals surface area contributed by atoms with Crippen molar-refractivity contribution in [2.24, 2.45) is 0 Å². The molecule has 1 aromatic heterocycles. The van der Waals surface area contributed by atoms with E-state index in [2.05, 4.69) is 6.92 Å². The third-order valence-corrected chi connectivity index (χ3v) is 3.77. The van der Waals surface area contributed by atoms with Gasteiger partial charge in [0.15, 0.2) is 6.29 Å². The van der Waals surface area contributed by atoms with Crippen molar-refractivity contribution in [1.29, 1.82) is 0 Å². The van der Waals surface area contributed by atoms with E-state index in [1.165, 1.54) is 0 Å². The Labute approximate surface area is 91.3 Å². The maximum atomic E-state index is 10.9. The summed E-state index contributed by atoms with van der Waals surface area (Å²) in [5, 5.41) is 1.66. The first-order valence-electron chi connectivity index (χ1n) is 4.42. The van der Waals surface area contributed by atoms with E-state index in [9.17, 15) is 4.79 Å². The summed E-state index contributed by atoms with van der Waals surface area (Å²) < 4.78 is 1.13. The van der Waals surface area contributed by atoms with Gasteiger partial charge in [-0.1, -0.05) is 18.5 Å². The third kappa shape index (κ3) is 1.45. The quantitative estimate of drug-likeness (QED) is 0.707. The smallest absolute Gasteiger partial charge is 0.151 e. The van der Waals surface area contributed by atoms with Crippen LogP contribution in [-0.2, 0) is 6.42 Å². The van der Waals surface area contributed by atoms with Crippen LogP contribution in [0.3, 0.4) is 0 Å². The van der Waals surface area contributed by atoms with Crippen molar-refractivity contribution in [3.63, 3.8) is 0 Å². The lowest BCUT2D eigenvalue weighted by Gasteiger charge is -1.92. The summed E-state index contributed by atoms with van der Waals surface area (Å²) in [7, 11) is 0. The van der Waals surface area contributed by atoms with Crippen LogP contribution in [0.2, 0.25) is 5.02 Å². The van der Waals surface area contributed by atoms with E-state index in [1.54, 1.807) is 11.3 Å². The molecule has 0 saturated carbocycles. The van der Waals surface area contributed by atoms with Crippen molar-refractivity contribution in [3.8, 4) is 0 Å². The number of hydrogen-bond acceptors (Lipinski definition) is 2. The molecule has 0 atom stereocenters. The molecule has 2 rings (SSSR count). The molecule has 0 spiro atoms. The average molecular weight is 225 g/mol. The molecule has 0 radical (unpaired) electrons. The molecule has 72 valence electrons. The fourth-order valence-electron chi connectivity index (χ4n) is 1.53. The van der Waals surface area contributed by atoms with Crippen LogP contribution in [0.15, 0.2) is 18.2 Å². The van der Waals surface area contributed by atoms with Gasteiger partial charge in [0, 0.05) is 25.5 Å². The van der Waals surface area contributed by atoms with Gasteiger partial charge in [-0.15, -0.1) is 11.3 Å². The van der Waals surface area contributed by atoms with Crippen LogP contribution in [0.5, 0.6) is 0 Å². The molecule has 1 aromatic carbocycles. The van der Waals surface area contributed by atoms with Crippen LogP contribution < -0.4 is 0 Å².